The van der Waals surface area contributed by atoms with E-state index in [-0.39, 0.29) is 64.8 Å². The summed E-state index contributed by atoms with van der Waals surface area (Å²) in [7, 11) is -4.21. The summed E-state index contributed by atoms with van der Waals surface area (Å²) >= 11 is 0. The van der Waals surface area contributed by atoms with E-state index in [1.165, 1.54) is 0 Å². The second-order valence-electron chi connectivity index (χ2n) is 17.9. The van der Waals surface area contributed by atoms with Crippen molar-refractivity contribution in [3.05, 3.63) is 269 Å². The molecule has 13 nitrogen and oxygen atoms in total. The van der Waals surface area contributed by atoms with Gasteiger partial charge in [0, 0.05) is 12.8 Å². The second kappa shape index (κ2) is 27.8. The third-order valence-electron chi connectivity index (χ3n) is 11.9. The van der Waals surface area contributed by atoms with Gasteiger partial charge in [-0.1, -0.05) is 200 Å². The highest BCUT2D eigenvalue weighted by Crippen LogP contribution is 2.51. The van der Waals surface area contributed by atoms with Crippen LogP contribution in [0.3, 0.4) is 0 Å². The first-order valence-electron chi connectivity index (χ1n) is 24.8. The molecular weight excluding hydrogens is 980 g/mol. The lowest BCUT2D eigenvalue weighted by atomic mass is 9.91. The molecule has 2 N–H and O–H groups in total. The topological polar surface area (TPSA) is 157 Å². The van der Waals surface area contributed by atoms with Crippen molar-refractivity contribution in [1.29, 1.82) is 0 Å². The summed E-state index contributed by atoms with van der Waals surface area (Å²) in [6.45, 7) is 0.306. The van der Waals surface area contributed by atoms with Gasteiger partial charge in [0.1, 0.15) is 43.4 Å². The molecule has 0 spiro atoms. The largest absolute Gasteiger partial charge is 0.530 e. The SMILES string of the molecule is O=CC(COCc1ccccc1)(Cc1ccc(OCc2ccccc2)c(OCc2ccccc2)c1)NC(=O)[C@H](Cc1ccc(OP(=O)(OCc2ccccc2)OCc2ccccc2)cc1)NC(=O)OCc1ccccc1. The molecule has 0 radical (unpaired) electrons. The molecular formula is C62H59N2O11P. The quantitative estimate of drug-likeness (QED) is 0.0355. The molecule has 8 aromatic carbocycles. The minimum absolute atomic E-state index is 0.0341. The van der Waals surface area contributed by atoms with Crippen molar-refractivity contribution in [1.82, 2.24) is 10.6 Å². The van der Waals surface area contributed by atoms with Gasteiger partial charge in [0.05, 0.1) is 26.4 Å². The van der Waals surface area contributed by atoms with Gasteiger partial charge in [0.2, 0.25) is 5.91 Å². The average Bonchev–Trinajstić information content (AvgIpc) is 3.47. The van der Waals surface area contributed by atoms with Gasteiger partial charge < -0.3 is 38.9 Å². The first-order chi connectivity index (χ1) is 37.2. The predicted octanol–water partition coefficient (Wildman–Crippen LogP) is 12.1. The maximum atomic E-state index is 14.9. The monoisotopic (exact) mass is 1040 g/mol. The van der Waals surface area contributed by atoms with Gasteiger partial charge in [0.15, 0.2) is 11.5 Å². The number of hydrogen-bond acceptors (Lipinski definition) is 11. The summed E-state index contributed by atoms with van der Waals surface area (Å²) in [5.41, 5.74) is 4.59. The highest BCUT2D eigenvalue weighted by Gasteiger charge is 2.36. The van der Waals surface area contributed by atoms with Crippen molar-refractivity contribution in [3.8, 4) is 17.2 Å². The summed E-state index contributed by atoms with van der Waals surface area (Å²) in [6.07, 6.45) is -0.299. The minimum Gasteiger partial charge on any atom is -0.485 e. The third kappa shape index (κ3) is 17.1. The first-order valence-corrected chi connectivity index (χ1v) is 26.3. The molecule has 388 valence electrons. The van der Waals surface area contributed by atoms with Crippen molar-refractivity contribution in [3.63, 3.8) is 0 Å². The Bertz CT molecular complexity index is 3040. The van der Waals surface area contributed by atoms with Gasteiger partial charge in [-0.25, -0.2) is 9.36 Å². The number of nitrogens with one attached hydrogen (secondary N) is 2. The molecule has 2 atom stereocenters. The average molecular weight is 1040 g/mol. The van der Waals surface area contributed by atoms with E-state index in [1.54, 1.807) is 36.4 Å². The lowest BCUT2D eigenvalue weighted by Gasteiger charge is -2.32. The van der Waals surface area contributed by atoms with E-state index in [0.717, 1.165) is 33.4 Å². The van der Waals surface area contributed by atoms with Crippen LogP contribution in [0.4, 0.5) is 4.79 Å². The molecule has 0 heterocycles. The zero-order valence-electron chi connectivity index (χ0n) is 41.8. The number of benzene rings is 8. The van der Waals surface area contributed by atoms with Crippen LogP contribution in [-0.4, -0.2) is 36.5 Å². The van der Waals surface area contributed by atoms with E-state index in [2.05, 4.69) is 10.6 Å². The van der Waals surface area contributed by atoms with E-state index in [0.29, 0.717) is 28.9 Å². The maximum absolute atomic E-state index is 14.9. The molecule has 0 saturated heterocycles. The van der Waals surface area contributed by atoms with E-state index < -0.39 is 31.4 Å². The lowest BCUT2D eigenvalue weighted by molar-refractivity contribution is -0.130. The number of phosphoric acid groups is 1. The normalized spacial score (nSPS) is 12.3. The van der Waals surface area contributed by atoms with Crippen LogP contribution in [0.15, 0.2) is 224 Å². The molecule has 76 heavy (non-hydrogen) atoms. The van der Waals surface area contributed by atoms with Crippen LogP contribution < -0.4 is 24.6 Å². The Balaban J connectivity index is 1.04. The van der Waals surface area contributed by atoms with Crippen molar-refractivity contribution in [2.24, 2.45) is 0 Å². The lowest BCUT2D eigenvalue weighted by Crippen LogP contribution is -2.60. The molecule has 0 aliphatic heterocycles. The summed E-state index contributed by atoms with van der Waals surface area (Å²) in [5.74, 6) is 0.401. The Hall–Kier alpha value is -8.32. The van der Waals surface area contributed by atoms with Crippen LogP contribution in [0.1, 0.15) is 44.5 Å². The molecule has 1 unspecified atom stereocenters. The summed E-state index contributed by atoms with van der Waals surface area (Å²) in [6, 6.07) is 67.1. The number of carbonyl (C=O) groups excluding carboxylic acids is 3. The smallest absolute Gasteiger partial charge is 0.485 e. The number of phosphoric ester groups is 1. The van der Waals surface area contributed by atoms with Crippen molar-refractivity contribution in [2.75, 3.05) is 6.61 Å². The number of alkyl carbamates (subject to hydrolysis) is 1. The molecule has 0 aliphatic carbocycles. The maximum Gasteiger partial charge on any atom is 0.530 e. The van der Waals surface area contributed by atoms with Crippen LogP contribution in [0.2, 0.25) is 0 Å². The molecule has 8 rings (SSSR count). The Morgan fingerprint density at radius 1 is 0.487 bits per heavy atom. The van der Waals surface area contributed by atoms with Crippen molar-refractivity contribution < 1.29 is 51.5 Å². The van der Waals surface area contributed by atoms with Crippen LogP contribution in [0, 0.1) is 0 Å². The first kappa shape index (κ1) is 54.0. The van der Waals surface area contributed by atoms with Gasteiger partial charge >= 0.3 is 13.9 Å². The van der Waals surface area contributed by atoms with E-state index in [1.807, 2.05) is 188 Å². The van der Waals surface area contributed by atoms with Gasteiger partial charge in [-0.3, -0.25) is 13.8 Å². The summed E-state index contributed by atoms with van der Waals surface area (Å²) < 4.78 is 56.3. The summed E-state index contributed by atoms with van der Waals surface area (Å²) in [5, 5.41) is 5.72. The Kier molecular flexibility index (Phi) is 19.8. The summed E-state index contributed by atoms with van der Waals surface area (Å²) in [4.78, 5) is 42.1. The molecule has 2 amide bonds. The second-order valence-corrected chi connectivity index (χ2v) is 19.5. The molecule has 0 aliphatic rings. The predicted molar refractivity (Wildman–Crippen MR) is 289 cm³/mol. The fraction of sp³-hybridized carbons (Fsp3) is 0.177. The van der Waals surface area contributed by atoms with Gasteiger partial charge in [-0.05, 0) is 68.8 Å². The third-order valence-corrected chi connectivity index (χ3v) is 13.3. The number of carbonyl (C=O) groups is 3. The zero-order valence-corrected chi connectivity index (χ0v) is 42.7. The van der Waals surface area contributed by atoms with Crippen molar-refractivity contribution >= 4 is 26.1 Å². The van der Waals surface area contributed by atoms with Crippen LogP contribution in [0.5, 0.6) is 17.2 Å². The van der Waals surface area contributed by atoms with Gasteiger partial charge in [-0.15, -0.1) is 0 Å². The number of rotatable bonds is 28. The fourth-order valence-corrected chi connectivity index (χ4v) is 9.11. The number of amides is 2. The molecule has 8 aromatic rings. The molecule has 0 fully saturated rings. The van der Waals surface area contributed by atoms with Crippen LogP contribution in [0.25, 0.3) is 0 Å². The Morgan fingerprint density at radius 3 is 1.41 bits per heavy atom. The highest BCUT2D eigenvalue weighted by atomic mass is 31.2. The van der Waals surface area contributed by atoms with Gasteiger partial charge in [-0.2, -0.15) is 0 Å². The standard InChI is InChI=1S/C62H59N2O11P/c65-46-62(47-69-40-49-19-7-1-8-20-49,39-55-33-36-58(70-41-50-21-9-2-10-22-50)59(38-55)71-42-51-23-11-3-12-24-51)64-60(66)57(63-61(67)72-43-52-25-13-4-14-26-52)37-48-31-34-56(35-32-48)75-76(68,73-44-53-27-15-5-16-28-53)74-45-54-29-17-6-18-30-54/h1-36,38,46,57H,37,39-45,47H2,(H,63,67)(H,64,66)/t57-,62?/m0/s1. The molecule has 14 heteroatoms. The van der Waals surface area contributed by atoms with E-state index >= 15 is 0 Å². The van der Waals surface area contributed by atoms with Crippen LogP contribution >= 0.6 is 7.82 Å². The minimum atomic E-state index is -4.21. The molecule has 0 saturated carbocycles. The Labute approximate surface area is 443 Å². The highest BCUT2D eigenvalue weighted by molar-refractivity contribution is 7.48. The van der Waals surface area contributed by atoms with Crippen LogP contribution in [-0.2, 0) is 85.2 Å². The number of aldehydes is 1. The van der Waals surface area contributed by atoms with Crippen molar-refractivity contribution in [2.45, 2.75) is 64.1 Å². The van der Waals surface area contributed by atoms with Gasteiger partial charge in [0.25, 0.3) is 0 Å². The molecule has 0 aromatic heterocycles. The number of ether oxygens (including phenoxy) is 4. The fourth-order valence-electron chi connectivity index (χ4n) is 7.94. The van der Waals surface area contributed by atoms with E-state index in [9.17, 15) is 18.9 Å². The number of hydrogen-bond donors (Lipinski definition) is 2. The molecule has 0 bridgehead atoms. The van der Waals surface area contributed by atoms with E-state index in [4.69, 9.17) is 32.5 Å². The zero-order chi connectivity index (χ0) is 52.7. The Morgan fingerprint density at radius 2 is 0.921 bits per heavy atom.